The van der Waals surface area contributed by atoms with E-state index in [1.807, 2.05) is 0 Å². The van der Waals surface area contributed by atoms with Gasteiger partial charge in [-0.3, -0.25) is 4.79 Å². The normalized spacial score (nSPS) is 12.4. The Hall–Kier alpha value is -1.43. The van der Waals surface area contributed by atoms with Gasteiger partial charge >= 0.3 is 5.97 Å². The average Bonchev–Trinajstić information content (AvgIpc) is 2.13. The Kier molecular flexibility index (Phi) is 3.81. The van der Waals surface area contributed by atoms with Crippen LogP contribution in [0.25, 0.3) is 0 Å². The number of halogens is 1. The first kappa shape index (κ1) is 14.6. The molecule has 100 valence electrons. The van der Waals surface area contributed by atoms with Gasteiger partial charge < -0.3 is 5.11 Å². The molecule has 4 nitrogen and oxygen atoms in total. The van der Waals surface area contributed by atoms with E-state index in [1.54, 1.807) is 13.8 Å². The van der Waals surface area contributed by atoms with Crippen LogP contribution in [0.2, 0.25) is 0 Å². The molecule has 0 amide bonds. The van der Waals surface area contributed by atoms with E-state index in [9.17, 15) is 17.6 Å². The first-order valence-electron chi connectivity index (χ1n) is 5.25. The highest BCUT2D eigenvalue weighted by molar-refractivity contribution is 7.90. The number of carboxylic acid groups (broad SMARTS) is 1. The lowest BCUT2D eigenvalue weighted by atomic mass is 9.81. The third kappa shape index (κ3) is 3.53. The molecule has 0 bridgehead atoms. The van der Waals surface area contributed by atoms with Crippen molar-refractivity contribution in [3.05, 3.63) is 29.6 Å². The molecule has 1 aromatic rings. The molecule has 1 aromatic carbocycles. The fourth-order valence-corrected chi connectivity index (χ4v) is 2.32. The zero-order valence-electron chi connectivity index (χ0n) is 10.4. The highest BCUT2D eigenvalue weighted by atomic mass is 32.2. The van der Waals surface area contributed by atoms with E-state index in [0.717, 1.165) is 18.4 Å². The fourth-order valence-electron chi connectivity index (χ4n) is 1.65. The largest absolute Gasteiger partial charge is 0.481 e. The minimum Gasteiger partial charge on any atom is -0.481 e. The van der Waals surface area contributed by atoms with Crippen LogP contribution in [0.4, 0.5) is 4.39 Å². The van der Waals surface area contributed by atoms with Crippen LogP contribution in [0.1, 0.15) is 25.8 Å². The molecule has 0 aromatic heterocycles. The zero-order chi connectivity index (χ0) is 14.1. The number of carbonyl (C=O) groups is 1. The summed E-state index contributed by atoms with van der Waals surface area (Å²) in [5, 5.41) is 8.80. The van der Waals surface area contributed by atoms with Gasteiger partial charge in [-0.1, -0.05) is 13.8 Å². The number of carboxylic acids is 1. The summed E-state index contributed by atoms with van der Waals surface area (Å²) in [4.78, 5) is 10.6. The number of rotatable bonds is 4. The van der Waals surface area contributed by atoms with E-state index < -0.39 is 27.0 Å². The Morgan fingerprint density at radius 2 is 1.89 bits per heavy atom. The minimum absolute atomic E-state index is 0.143. The van der Waals surface area contributed by atoms with Crippen LogP contribution in [0.5, 0.6) is 0 Å². The minimum atomic E-state index is -3.52. The van der Waals surface area contributed by atoms with Gasteiger partial charge in [0.1, 0.15) is 5.82 Å². The third-order valence-corrected chi connectivity index (χ3v) is 3.77. The van der Waals surface area contributed by atoms with Crippen LogP contribution in [-0.4, -0.2) is 25.7 Å². The lowest BCUT2D eigenvalue weighted by Crippen LogP contribution is -2.22. The van der Waals surface area contributed by atoms with Crippen LogP contribution >= 0.6 is 0 Å². The molecule has 0 fully saturated rings. The number of sulfone groups is 1. The Labute approximate surface area is 105 Å². The third-order valence-electron chi connectivity index (χ3n) is 2.67. The first-order valence-corrected chi connectivity index (χ1v) is 7.14. The molecule has 18 heavy (non-hydrogen) atoms. The van der Waals surface area contributed by atoms with Gasteiger partial charge in [0, 0.05) is 11.7 Å². The molecule has 0 saturated heterocycles. The summed E-state index contributed by atoms with van der Waals surface area (Å²) >= 11 is 0. The summed E-state index contributed by atoms with van der Waals surface area (Å²) in [5.41, 5.74) is -0.488. The lowest BCUT2D eigenvalue weighted by molar-refractivity contribution is -0.138. The Morgan fingerprint density at radius 3 is 2.33 bits per heavy atom. The molecule has 1 rings (SSSR count). The Morgan fingerprint density at radius 1 is 1.33 bits per heavy atom. The fraction of sp³-hybridized carbons (Fsp3) is 0.417. The van der Waals surface area contributed by atoms with Gasteiger partial charge in [-0.15, -0.1) is 0 Å². The van der Waals surface area contributed by atoms with E-state index in [4.69, 9.17) is 5.11 Å². The zero-order valence-corrected chi connectivity index (χ0v) is 11.2. The maximum atomic E-state index is 13.4. The topological polar surface area (TPSA) is 71.4 Å². The molecule has 0 aliphatic rings. The van der Waals surface area contributed by atoms with Crippen LogP contribution in [0.15, 0.2) is 23.1 Å². The van der Waals surface area contributed by atoms with Crippen molar-refractivity contribution in [2.75, 3.05) is 6.26 Å². The van der Waals surface area contributed by atoms with Gasteiger partial charge in [0.05, 0.1) is 11.3 Å². The summed E-state index contributed by atoms with van der Waals surface area (Å²) in [7, 11) is -3.52. The predicted octanol–water partition coefficient (Wildman–Crippen LogP) is 1.98. The molecule has 1 N–H and O–H groups in total. The molecule has 0 saturated carbocycles. The summed E-state index contributed by atoms with van der Waals surface area (Å²) in [5.74, 6) is -1.71. The molecule has 6 heteroatoms. The van der Waals surface area contributed by atoms with Crippen molar-refractivity contribution in [2.24, 2.45) is 0 Å². The number of hydrogen-bond acceptors (Lipinski definition) is 3. The molecule has 0 spiro atoms. The molecule has 0 radical (unpaired) electrons. The van der Waals surface area contributed by atoms with Crippen LogP contribution in [0.3, 0.4) is 0 Å². The SMILES string of the molecule is CC(C)(CC(=O)O)c1cc(F)cc(S(C)(=O)=O)c1. The highest BCUT2D eigenvalue weighted by Crippen LogP contribution is 2.29. The van der Waals surface area contributed by atoms with Crippen molar-refractivity contribution in [1.82, 2.24) is 0 Å². The van der Waals surface area contributed by atoms with E-state index in [0.29, 0.717) is 5.56 Å². The van der Waals surface area contributed by atoms with Crippen molar-refractivity contribution in [1.29, 1.82) is 0 Å². The molecule has 0 unspecified atom stereocenters. The highest BCUT2D eigenvalue weighted by Gasteiger charge is 2.26. The predicted molar refractivity (Wildman–Crippen MR) is 64.8 cm³/mol. The van der Waals surface area contributed by atoms with E-state index in [-0.39, 0.29) is 11.3 Å². The monoisotopic (exact) mass is 274 g/mol. The number of aliphatic carboxylic acids is 1. The second kappa shape index (κ2) is 4.68. The van der Waals surface area contributed by atoms with Crippen molar-refractivity contribution in [2.45, 2.75) is 30.6 Å². The summed E-state index contributed by atoms with van der Waals surface area (Å²) < 4.78 is 36.2. The maximum Gasteiger partial charge on any atom is 0.304 e. The van der Waals surface area contributed by atoms with Crippen molar-refractivity contribution in [3.8, 4) is 0 Å². The Bertz CT molecular complexity index is 576. The quantitative estimate of drug-likeness (QED) is 0.911. The van der Waals surface area contributed by atoms with E-state index in [1.165, 1.54) is 6.07 Å². The van der Waals surface area contributed by atoms with Crippen LogP contribution in [0, 0.1) is 5.82 Å². The molecular formula is C12H15FO4S. The van der Waals surface area contributed by atoms with Crippen molar-refractivity contribution < 1.29 is 22.7 Å². The van der Waals surface area contributed by atoms with Gasteiger partial charge in [0.15, 0.2) is 9.84 Å². The second-order valence-corrected chi connectivity index (χ2v) is 6.92. The number of benzene rings is 1. The Balaban J connectivity index is 3.34. The van der Waals surface area contributed by atoms with E-state index in [2.05, 4.69) is 0 Å². The molecule has 0 aliphatic carbocycles. The smallest absolute Gasteiger partial charge is 0.304 e. The lowest BCUT2D eigenvalue weighted by Gasteiger charge is -2.23. The summed E-state index contributed by atoms with van der Waals surface area (Å²) in [6, 6.07) is 3.41. The van der Waals surface area contributed by atoms with Crippen molar-refractivity contribution >= 4 is 15.8 Å². The van der Waals surface area contributed by atoms with Gasteiger partial charge in [-0.05, 0) is 23.8 Å². The molecule has 0 atom stereocenters. The second-order valence-electron chi connectivity index (χ2n) is 4.90. The molecule has 0 aliphatic heterocycles. The number of hydrogen-bond donors (Lipinski definition) is 1. The van der Waals surface area contributed by atoms with E-state index >= 15 is 0 Å². The van der Waals surface area contributed by atoms with Gasteiger partial charge in [-0.25, -0.2) is 12.8 Å². The summed E-state index contributed by atoms with van der Waals surface area (Å²) in [6.45, 7) is 3.25. The maximum absolute atomic E-state index is 13.4. The van der Waals surface area contributed by atoms with Crippen LogP contribution < -0.4 is 0 Å². The summed E-state index contributed by atoms with van der Waals surface area (Å²) in [6.07, 6.45) is 0.773. The van der Waals surface area contributed by atoms with Gasteiger partial charge in [0.2, 0.25) is 0 Å². The van der Waals surface area contributed by atoms with Crippen molar-refractivity contribution in [3.63, 3.8) is 0 Å². The van der Waals surface area contributed by atoms with Gasteiger partial charge in [-0.2, -0.15) is 0 Å². The standard InChI is InChI=1S/C12H15FO4S/c1-12(2,7-11(14)15)8-4-9(13)6-10(5-8)18(3,16)17/h4-6H,7H2,1-3H3,(H,14,15). The first-order chi connectivity index (χ1) is 8.02. The molecule has 0 heterocycles. The van der Waals surface area contributed by atoms with Crippen LogP contribution in [-0.2, 0) is 20.0 Å². The van der Waals surface area contributed by atoms with Gasteiger partial charge in [0.25, 0.3) is 0 Å². The average molecular weight is 274 g/mol. The molecular weight excluding hydrogens is 259 g/mol.